The molecule has 0 spiro atoms. The summed E-state index contributed by atoms with van der Waals surface area (Å²) in [7, 11) is 0. The van der Waals surface area contributed by atoms with E-state index in [-0.39, 0.29) is 50.5 Å². The van der Waals surface area contributed by atoms with Crippen molar-refractivity contribution in [2.75, 3.05) is 0 Å². The first-order valence-corrected chi connectivity index (χ1v) is 23.5. The van der Waals surface area contributed by atoms with E-state index in [1.165, 1.54) is 11.8 Å². The zero-order valence-electron chi connectivity index (χ0n) is 38.8. The quantitative estimate of drug-likeness (QED) is 0.0500. The van der Waals surface area contributed by atoms with Gasteiger partial charge in [0.15, 0.2) is 0 Å². The maximum absolute atomic E-state index is 13.9. The number of benzene rings is 2. The fourth-order valence-corrected chi connectivity index (χ4v) is 8.12. The molecule has 1 aliphatic rings. The standard InChI is InChI=1S/C49H72N6O11/c1-32(2)27-38(47(62)55-31-36-24-20-19-23-35(36)29-40(55)49(65)66)52-46(61)44(33(3)56)54-43(59)26-18-13-11-9-7-5-4-6-8-10-12-17-25-42(58)51-37(30-41(50)57)45(60)53-39(48(63)64)28-34-21-15-14-16-22-34/h14-16,19-24,32-33,37-40,44,56H,4-13,17-18,25-31H2,1-3H3,(H2,50,57)(H,51,58)(H,52,61)(H,53,60)(H,54,59)(H,63,64)(H,65,66)/t33-,37-,38-,39-,40?,44-/m0/s1. The van der Waals surface area contributed by atoms with Crippen molar-refractivity contribution in [3.05, 3.63) is 71.3 Å². The van der Waals surface area contributed by atoms with Crippen molar-refractivity contribution in [3.8, 4) is 0 Å². The minimum atomic E-state index is -1.30. The van der Waals surface area contributed by atoms with Crippen LogP contribution in [0.1, 0.15) is 140 Å². The molecule has 0 bridgehead atoms. The van der Waals surface area contributed by atoms with Gasteiger partial charge in [-0.2, -0.15) is 0 Å². The molecule has 17 nitrogen and oxygen atoms in total. The van der Waals surface area contributed by atoms with Gasteiger partial charge in [-0.1, -0.05) is 133 Å². The summed E-state index contributed by atoms with van der Waals surface area (Å²) in [5, 5.41) is 40.4. The maximum Gasteiger partial charge on any atom is 0.326 e. The third-order valence-electron chi connectivity index (χ3n) is 11.7. The number of aliphatic carboxylic acids is 2. The Morgan fingerprint density at radius 2 is 1.14 bits per heavy atom. The van der Waals surface area contributed by atoms with E-state index in [1.54, 1.807) is 30.3 Å². The second-order valence-electron chi connectivity index (χ2n) is 17.9. The monoisotopic (exact) mass is 921 g/mol. The van der Waals surface area contributed by atoms with Crippen molar-refractivity contribution < 1.29 is 53.7 Å². The molecule has 6 atom stereocenters. The van der Waals surface area contributed by atoms with Gasteiger partial charge in [-0.05, 0) is 48.8 Å². The fourth-order valence-electron chi connectivity index (χ4n) is 8.12. The summed E-state index contributed by atoms with van der Waals surface area (Å²) >= 11 is 0. The van der Waals surface area contributed by atoms with Gasteiger partial charge in [0.05, 0.1) is 12.5 Å². The van der Waals surface area contributed by atoms with Gasteiger partial charge < -0.3 is 47.2 Å². The molecule has 1 heterocycles. The molecule has 0 aromatic heterocycles. The Morgan fingerprint density at radius 1 is 0.636 bits per heavy atom. The topological polar surface area (TPSA) is 275 Å². The van der Waals surface area contributed by atoms with Crippen LogP contribution in [-0.4, -0.2) is 104 Å². The van der Waals surface area contributed by atoms with E-state index in [1.807, 2.05) is 38.1 Å². The highest BCUT2D eigenvalue weighted by molar-refractivity contribution is 5.95. The van der Waals surface area contributed by atoms with E-state index in [9.17, 15) is 53.7 Å². The Bertz CT molecular complexity index is 1910. The number of carboxylic acid groups (broad SMARTS) is 2. The van der Waals surface area contributed by atoms with Gasteiger partial charge in [0.2, 0.25) is 35.4 Å². The summed E-state index contributed by atoms with van der Waals surface area (Å²) in [6.07, 6.45) is 10.1. The third kappa shape index (κ3) is 19.7. The van der Waals surface area contributed by atoms with E-state index in [0.717, 1.165) is 75.3 Å². The normalized spacial score (nSPS) is 15.6. The van der Waals surface area contributed by atoms with Crippen LogP contribution in [0.5, 0.6) is 0 Å². The first-order chi connectivity index (χ1) is 31.5. The van der Waals surface area contributed by atoms with Crippen LogP contribution in [0.25, 0.3) is 0 Å². The predicted octanol–water partition coefficient (Wildman–Crippen LogP) is 4.05. The molecule has 0 saturated heterocycles. The van der Waals surface area contributed by atoms with Crippen LogP contribution < -0.4 is 27.0 Å². The van der Waals surface area contributed by atoms with Gasteiger partial charge in [0.25, 0.3) is 0 Å². The molecule has 0 radical (unpaired) electrons. The molecule has 1 aliphatic heterocycles. The first-order valence-electron chi connectivity index (χ1n) is 23.5. The summed E-state index contributed by atoms with van der Waals surface area (Å²) in [6.45, 7) is 5.25. The second kappa shape index (κ2) is 28.9. The minimum Gasteiger partial charge on any atom is -0.480 e. The van der Waals surface area contributed by atoms with Crippen molar-refractivity contribution >= 4 is 47.4 Å². The number of nitrogens with one attached hydrogen (secondary N) is 4. The second-order valence-corrected chi connectivity index (χ2v) is 17.9. The average molecular weight is 921 g/mol. The molecule has 0 saturated carbocycles. The lowest BCUT2D eigenvalue weighted by Gasteiger charge is -2.37. The Balaban J connectivity index is 1.28. The smallest absolute Gasteiger partial charge is 0.326 e. The molecule has 3 rings (SSSR count). The number of nitrogens with two attached hydrogens (primary N) is 1. The summed E-state index contributed by atoms with van der Waals surface area (Å²) in [5.74, 6) is -6.04. The lowest BCUT2D eigenvalue weighted by atomic mass is 9.92. The molecule has 2 aromatic carbocycles. The Labute approximate surface area is 388 Å². The van der Waals surface area contributed by atoms with Crippen LogP contribution in [0, 0.1) is 5.92 Å². The lowest BCUT2D eigenvalue weighted by molar-refractivity contribution is -0.153. The van der Waals surface area contributed by atoms with Gasteiger partial charge in [-0.15, -0.1) is 0 Å². The van der Waals surface area contributed by atoms with Crippen molar-refractivity contribution in [2.45, 2.75) is 179 Å². The molecule has 66 heavy (non-hydrogen) atoms. The highest BCUT2D eigenvalue weighted by atomic mass is 16.4. The molecule has 1 unspecified atom stereocenters. The van der Waals surface area contributed by atoms with Gasteiger partial charge in [-0.25, -0.2) is 9.59 Å². The molecule has 6 amide bonds. The van der Waals surface area contributed by atoms with Crippen LogP contribution in [0.15, 0.2) is 54.6 Å². The van der Waals surface area contributed by atoms with Crippen LogP contribution in [-0.2, 0) is 57.7 Å². The SMILES string of the molecule is CC(C)C[C@H](NC(=O)[C@@H](NC(=O)CCCCCCCCCCCCCCC(=O)N[C@@H](CC(N)=O)C(=O)N[C@@H](Cc1ccccc1)C(=O)O)[C@H](C)O)C(=O)N1Cc2ccccc2CC1C(=O)O. The Hall–Kier alpha value is -5.84. The molecule has 2 aromatic rings. The molecular weight excluding hydrogens is 849 g/mol. The maximum atomic E-state index is 13.9. The zero-order chi connectivity index (χ0) is 48.6. The molecule has 364 valence electrons. The van der Waals surface area contributed by atoms with E-state index in [4.69, 9.17) is 5.73 Å². The molecule has 9 N–H and O–H groups in total. The van der Waals surface area contributed by atoms with Gasteiger partial charge in [0, 0.05) is 32.2 Å². The molecule has 0 fully saturated rings. The summed E-state index contributed by atoms with van der Waals surface area (Å²) < 4.78 is 0. The summed E-state index contributed by atoms with van der Waals surface area (Å²) in [5.41, 5.74) is 7.71. The lowest BCUT2D eigenvalue weighted by Crippen LogP contribution is -2.59. The van der Waals surface area contributed by atoms with E-state index in [2.05, 4.69) is 21.3 Å². The Morgan fingerprint density at radius 3 is 1.64 bits per heavy atom. The summed E-state index contributed by atoms with van der Waals surface area (Å²) in [6, 6.07) is 10.2. The number of carbonyl (C=O) groups is 8. The van der Waals surface area contributed by atoms with Gasteiger partial charge >= 0.3 is 11.9 Å². The number of amides is 6. The average Bonchev–Trinajstić information content (AvgIpc) is 3.26. The number of primary amides is 1. The van der Waals surface area contributed by atoms with E-state index < -0.39 is 84.2 Å². The number of fused-ring (bicyclic) bond motifs is 1. The van der Waals surface area contributed by atoms with Crippen LogP contribution in [0.3, 0.4) is 0 Å². The summed E-state index contributed by atoms with van der Waals surface area (Å²) in [4.78, 5) is 103. The van der Waals surface area contributed by atoms with Gasteiger partial charge in [-0.3, -0.25) is 28.8 Å². The third-order valence-corrected chi connectivity index (χ3v) is 11.7. The number of carbonyl (C=O) groups excluding carboxylic acids is 6. The van der Waals surface area contributed by atoms with Gasteiger partial charge in [0.1, 0.15) is 30.2 Å². The van der Waals surface area contributed by atoms with Crippen molar-refractivity contribution in [1.82, 2.24) is 26.2 Å². The predicted molar refractivity (Wildman–Crippen MR) is 247 cm³/mol. The Kier molecular flexibility index (Phi) is 23.9. The first kappa shape index (κ1) is 54.5. The van der Waals surface area contributed by atoms with Crippen LogP contribution in [0.2, 0.25) is 0 Å². The number of unbranched alkanes of at least 4 members (excludes halogenated alkanes) is 11. The van der Waals surface area contributed by atoms with Crippen LogP contribution in [0.4, 0.5) is 0 Å². The van der Waals surface area contributed by atoms with E-state index >= 15 is 0 Å². The number of rotatable bonds is 31. The number of aliphatic hydroxyl groups excluding tert-OH is 1. The molecule has 0 aliphatic carbocycles. The fraction of sp³-hybridized carbons (Fsp3) is 0.592. The number of aliphatic hydroxyl groups is 1. The largest absolute Gasteiger partial charge is 0.480 e. The molecule has 17 heteroatoms. The minimum absolute atomic E-state index is 0.0253. The van der Waals surface area contributed by atoms with E-state index in [0.29, 0.717) is 18.4 Å². The molecular formula is C49H72N6O11. The zero-order valence-corrected chi connectivity index (χ0v) is 38.8. The van der Waals surface area contributed by atoms with Crippen molar-refractivity contribution in [2.24, 2.45) is 11.7 Å². The number of nitrogens with zero attached hydrogens (tertiary/aromatic N) is 1. The number of carboxylic acids is 2. The van der Waals surface area contributed by atoms with Crippen LogP contribution >= 0.6 is 0 Å². The highest BCUT2D eigenvalue weighted by Gasteiger charge is 2.39. The van der Waals surface area contributed by atoms with Crippen molar-refractivity contribution in [1.29, 1.82) is 0 Å². The number of hydrogen-bond donors (Lipinski definition) is 8. The van der Waals surface area contributed by atoms with Crippen molar-refractivity contribution in [3.63, 3.8) is 0 Å². The highest BCUT2D eigenvalue weighted by Crippen LogP contribution is 2.25. The number of hydrogen-bond acceptors (Lipinski definition) is 9.